The molecule has 4 nitrogen and oxygen atoms in total. The summed E-state index contributed by atoms with van der Waals surface area (Å²) in [6.45, 7) is 4.05. The van der Waals surface area contributed by atoms with Crippen LogP contribution >= 0.6 is 12.2 Å². The van der Waals surface area contributed by atoms with E-state index in [9.17, 15) is 4.79 Å². The molecule has 0 heterocycles. The number of hydrogen-bond donors (Lipinski definition) is 3. The van der Waals surface area contributed by atoms with Crippen LogP contribution in [-0.4, -0.2) is 28.8 Å². The van der Waals surface area contributed by atoms with Crippen molar-refractivity contribution in [2.75, 3.05) is 6.54 Å². The zero-order chi connectivity index (χ0) is 13.4. The summed E-state index contributed by atoms with van der Waals surface area (Å²) in [7, 11) is 0. The largest absolute Gasteiger partial charge is 0.480 e. The summed E-state index contributed by atoms with van der Waals surface area (Å²) in [5.74, 6) is -0.929. The van der Waals surface area contributed by atoms with Gasteiger partial charge in [-0.2, -0.15) is 0 Å². The number of carboxylic acids is 1. The van der Waals surface area contributed by atoms with Crippen molar-refractivity contribution < 1.29 is 9.90 Å². The molecule has 1 aromatic rings. The first kappa shape index (κ1) is 14.2. The highest BCUT2D eigenvalue weighted by molar-refractivity contribution is 7.80. The molecule has 3 N–H and O–H groups in total. The second-order valence-electron chi connectivity index (χ2n) is 3.72. The van der Waals surface area contributed by atoms with E-state index >= 15 is 0 Å². The van der Waals surface area contributed by atoms with Crippen LogP contribution in [0.2, 0.25) is 0 Å². The molecule has 0 aromatic heterocycles. The van der Waals surface area contributed by atoms with Crippen LogP contribution in [0.1, 0.15) is 5.56 Å². The first-order valence-electron chi connectivity index (χ1n) is 5.55. The lowest BCUT2D eigenvalue weighted by Gasteiger charge is -2.16. The average Bonchev–Trinajstić information content (AvgIpc) is 2.36. The third-order valence-corrected chi connectivity index (χ3v) is 2.56. The third kappa shape index (κ3) is 4.97. The van der Waals surface area contributed by atoms with E-state index in [-0.39, 0.29) is 0 Å². The molecule has 0 saturated heterocycles. The normalized spacial score (nSPS) is 11.3. The van der Waals surface area contributed by atoms with Crippen molar-refractivity contribution in [2.45, 2.75) is 12.5 Å². The van der Waals surface area contributed by atoms with E-state index in [2.05, 4.69) is 17.2 Å². The number of nitrogens with one attached hydrogen (secondary N) is 2. The number of rotatable bonds is 6. The molecule has 5 heteroatoms. The van der Waals surface area contributed by atoms with Crippen molar-refractivity contribution in [3.63, 3.8) is 0 Å². The highest BCUT2D eigenvalue weighted by Crippen LogP contribution is 2.03. The van der Waals surface area contributed by atoms with E-state index in [1.54, 1.807) is 6.08 Å². The highest BCUT2D eigenvalue weighted by atomic mass is 32.1. The fourth-order valence-electron chi connectivity index (χ4n) is 1.42. The van der Waals surface area contributed by atoms with Crippen LogP contribution in [0.5, 0.6) is 0 Å². The van der Waals surface area contributed by atoms with Crippen LogP contribution < -0.4 is 10.6 Å². The van der Waals surface area contributed by atoms with Gasteiger partial charge < -0.3 is 15.7 Å². The highest BCUT2D eigenvalue weighted by Gasteiger charge is 2.18. The van der Waals surface area contributed by atoms with Gasteiger partial charge in [0.1, 0.15) is 6.04 Å². The van der Waals surface area contributed by atoms with E-state index in [1.807, 2.05) is 30.3 Å². The van der Waals surface area contributed by atoms with Crippen molar-refractivity contribution in [3.05, 3.63) is 48.6 Å². The number of aliphatic carboxylic acids is 1. The standard InChI is InChI=1S/C13H16N2O2S/c1-2-8-14-13(18)15-11(12(16)17)9-10-6-4-3-5-7-10/h2-7,11H,1,8-9H2,(H,16,17)(H2,14,15,18)/t11-/m1/s1. The molecule has 0 bridgehead atoms. The summed E-state index contributed by atoms with van der Waals surface area (Å²) in [6, 6.07) is 8.68. The van der Waals surface area contributed by atoms with E-state index < -0.39 is 12.0 Å². The first-order chi connectivity index (χ1) is 8.63. The zero-order valence-electron chi connectivity index (χ0n) is 9.93. The van der Waals surface area contributed by atoms with Crippen LogP contribution in [0.4, 0.5) is 0 Å². The van der Waals surface area contributed by atoms with Crippen molar-refractivity contribution in [3.8, 4) is 0 Å². The second-order valence-corrected chi connectivity index (χ2v) is 4.13. The summed E-state index contributed by atoms with van der Waals surface area (Å²) in [6.07, 6.45) is 2.03. The van der Waals surface area contributed by atoms with Crippen molar-refractivity contribution in [1.29, 1.82) is 0 Å². The maximum Gasteiger partial charge on any atom is 0.326 e. The topological polar surface area (TPSA) is 61.4 Å². The minimum absolute atomic E-state index is 0.318. The Kier molecular flexibility index (Phi) is 5.87. The predicted octanol–water partition coefficient (Wildman–Crippen LogP) is 1.33. The second kappa shape index (κ2) is 7.45. The molecule has 0 spiro atoms. The number of hydrogen-bond acceptors (Lipinski definition) is 2. The fraction of sp³-hybridized carbons (Fsp3) is 0.231. The Morgan fingerprint density at radius 2 is 2.11 bits per heavy atom. The quantitative estimate of drug-likeness (QED) is 0.534. The van der Waals surface area contributed by atoms with Crippen LogP contribution in [0, 0.1) is 0 Å². The lowest BCUT2D eigenvalue weighted by Crippen LogP contribution is -2.46. The number of thiocarbonyl (C=S) groups is 1. The molecule has 1 rings (SSSR count). The minimum Gasteiger partial charge on any atom is -0.480 e. The van der Waals surface area contributed by atoms with Gasteiger partial charge in [0.25, 0.3) is 0 Å². The molecule has 18 heavy (non-hydrogen) atoms. The van der Waals surface area contributed by atoms with Crippen LogP contribution in [0.3, 0.4) is 0 Å². The molecule has 0 amide bonds. The maximum absolute atomic E-state index is 11.1. The molecule has 0 aliphatic carbocycles. The third-order valence-electron chi connectivity index (χ3n) is 2.29. The van der Waals surface area contributed by atoms with Gasteiger partial charge in [0, 0.05) is 13.0 Å². The van der Waals surface area contributed by atoms with Gasteiger partial charge in [-0.05, 0) is 17.8 Å². The minimum atomic E-state index is -0.929. The van der Waals surface area contributed by atoms with Gasteiger partial charge in [-0.15, -0.1) is 6.58 Å². The molecule has 0 aliphatic heterocycles. The summed E-state index contributed by atoms with van der Waals surface area (Å²) < 4.78 is 0. The average molecular weight is 264 g/mol. The zero-order valence-corrected chi connectivity index (χ0v) is 10.7. The molecule has 96 valence electrons. The Morgan fingerprint density at radius 1 is 1.44 bits per heavy atom. The SMILES string of the molecule is C=CCNC(=S)N[C@H](Cc1ccccc1)C(=O)O. The Morgan fingerprint density at radius 3 is 2.67 bits per heavy atom. The van der Waals surface area contributed by atoms with E-state index in [1.165, 1.54) is 0 Å². The van der Waals surface area contributed by atoms with Gasteiger partial charge in [0.05, 0.1) is 0 Å². The van der Waals surface area contributed by atoms with Gasteiger partial charge in [-0.1, -0.05) is 36.4 Å². The molecule has 0 unspecified atom stereocenters. The van der Waals surface area contributed by atoms with Gasteiger partial charge in [0.15, 0.2) is 5.11 Å². The van der Waals surface area contributed by atoms with E-state index in [0.717, 1.165) is 5.56 Å². The summed E-state index contributed by atoms with van der Waals surface area (Å²) in [5, 5.41) is 15.1. The maximum atomic E-state index is 11.1. The molecule has 0 saturated carbocycles. The molecular formula is C13H16N2O2S. The van der Waals surface area contributed by atoms with E-state index in [4.69, 9.17) is 17.3 Å². The Hall–Kier alpha value is -1.88. The smallest absolute Gasteiger partial charge is 0.326 e. The van der Waals surface area contributed by atoms with Crippen molar-refractivity contribution >= 4 is 23.3 Å². The number of carbonyl (C=O) groups is 1. The van der Waals surface area contributed by atoms with Gasteiger partial charge in [-0.3, -0.25) is 0 Å². The fourth-order valence-corrected chi connectivity index (χ4v) is 1.65. The van der Waals surface area contributed by atoms with Gasteiger partial charge in [0.2, 0.25) is 0 Å². The van der Waals surface area contributed by atoms with Crippen LogP contribution in [0.25, 0.3) is 0 Å². The van der Waals surface area contributed by atoms with Crippen LogP contribution in [0.15, 0.2) is 43.0 Å². The molecule has 0 radical (unpaired) electrons. The lowest BCUT2D eigenvalue weighted by molar-refractivity contribution is -0.139. The van der Waals surface area contributed by atoms with Crippen LogP contribution in [-0.2, 0) is 11.2 Å². The number of carboxylic acid groups (broad SMARTS) is 1. The monoisotopic (exact) mass is 264 g/mol. The van der Waals surface area contributed by atoms with Crippen molar-refractivity contribution in [1.82, 2.24) is 10.6 Å². The Labute approximate surface area is 112 Å². The van der Waals surface area contributed by atoms with Gasteiger partial charge >= 0.3 is 5.97 Å². The Balaban J connectivity index is 2.58. The van der Waals surface area contributed by atoms with Gasteiger partial charge in [-0.25, -0.2) is 4.79 Å². The summed E-state index contributed by atoms with van der Waals surface area (Å²) in [5.41, 5.74) is 0.948. The molecule has 0 aliphatic rings. The summed E-state index contributed by atoms with van der Waals surface area (Å²) in [4.78, 5) is 11.1. The summed E-state index contributed by atoms with van der Waals surface area (Å²) >= 11 is 5.00. The van der Waals surface area contributed by atoms with Crippen molar-refractivity contribution in [2.24, 2.45) is 0 Å². The predicted molar refractivity (Wildman–Crippen MR) is 75.5 cm³/mol. The number of benzene rings is 1. The Bertz CT molecular complexity index is 420. The first-order valence-corrected chi connectivity index (χ1v) is 5.96. The molecular weight excluding hydrogens is 248 g/mol. The molecule has 0 fully saturated rings. The lowest BCUT2D eigenvalue weighted by atomic mass is 10.1. The molecule has 1 aromatic carbocycles. The molecule has 1 atom stereocenters. The van der Waals surface area contributed by atoms with E-state index in [0.29, 0.717) is 18.1 Å².